The van der Waals surface area contributed by atoms with Crippen molar-refractivity contribution in [3.63, 3.8) is 0 Å². The van der Waals surface area contributed by atoms with Crippen molar-refractivity contribution in [1.82, 2.24) is 0 Å². The van der Waals surface area contributed by atoms with Crippen molar-refractivity contribution in [2.45, 2.75) is 195 Å². The van der Waals surface area contributed by atoms with Gasteiger partial charge in [0.05, 0.1) is 6.10 Å². The van der Waals surface area contributed by atoms with Crippen molar-refractivity contribution in [1.29, 1.82) is 0 Å². The van der Waals surface area contributed by atoms with Gasteiger partial charge in [-0.05, 0) is 116 Å². The van der Waals surface area contributed by atoms with Gasteiger partial charge in [-0.2, -0.15) is 0 Å². The Bertz CT molecular complexity index is 1430. The van der Waals surface area contributed by atoms with Crippen LogP contribution in [0.15, 0.2) is 11.6 Å². The maximum atomic E-state index is 12.1. The molecule has 5 aliphatic rings. The number of unbranched alkanes of at least 4 members (excludes halogenated alkanes) is 3. The topological polar surface area (TPSA) is 124 Å². The lowest BCUT2D eigenvalue weighted by Crippen LogP contribution is -2.61. The van der Waals surface area contributed by atoms with Crippen molar-refractivity contribution >= 4 is 35.6 Å². The Hall–Kier alpha value is -2.11. The summed E-state index contributed by atoms with van der Waals surface area (Å²) in [5.74, 6) is 3.44. The molecule has 0 N–H and O–H groups in total. The lowest BCUT2D eigenvalue weighted by Gasteiger charge is -2.58. The molecule has 0 bridgehead atoms. The Kier molecular flexibility index (Phi) is 17.1. The number of rotatable bonds is 19. The van der Waals surface area contributed by atoms with Crippen LogP contribution in [0.5, 0.6) is 0 Å². The summed E-state index contributed by atoms with van der Waals surface area (Å²) in [5, 5.41) is 0. The zero-order valence-electron chi connectivity index (χ0n) is 37.2. The molecule has 1 aliphatic heterocycles. The van der Waals surface area contributed by atoms with E-state index in [0.717, 1.165) is 80.6 Å². The van der Waals surface area contributed by atoms with E-state index in [9.17, 15) is 19.2 Å². The quantitative estimate of drug-likeness (QED) is 0.0535. The summed E-state index contributed by atoms with van der Waals surface area (Å²) in [7, 11) is 0. The maximum Gasteiger partial charge on any atom is 0.303 e. The second-order valence-electron chi connectivity index (χ2n) is 19.4. The largest absolute Gasteiger partial charge is 0.463 e. The summed E-state index contributed by atoms with van der Waals surface area (Å²) in [4.78, 5) is 47.9. The minimum atomic E-state index is -1.13. The number of esters is 4. The van der Waals surface area contributed by atoms with Crippen molar-refractivity contribution in [2.24, 2.45) is 46.3 Å². The van der Waals surface area contributed by atoms with Gasteiger partial charge in [0.1, 0.15) is 18.1 Å². The van der Waals surface area contributed by atoms with Gasteiger partial charge < -0.3 is 28.4 Å². The summed E-state index contributed by atoms with van der Waals surface area (Å²) in [6.45, 7) is 18.1. The van der Waals surface area contributed by atoms with Gasteiger partial charge in [-0.3, -0.25) is 19.2 Å². The molecular weight excluding hydrogens is 757 g/mol. The van der Waals surface area contributed by atoms with E-state index in [1.807, 2.05) is 0 Å². The zero-order chi connectivity index (χ0) is 42.2. The van der Waals surface area contributed by atoms with E-state index in [2.05, 4.69) is 40.7 Å². The van der Waals surface area contributed by atoms with Gasteiger partial charge in [0.15, 0.2) is 18.3 Å². The predicted molar refractivity (Wildman–Crippen MR) is 226 cm³/mol. The van der Waals surface area contributed by atoms with Crippen LogP contribution in [0.2, 0.25) is 0 Å². The van der Waals surface area contributed by atoms with E-state index in [1.165, 1.54) is 97.2 Å². The van der Waals surface area contributed by atoms with Gasteiger partial charge in [0, 0.05) is 34.3 Å². The van der Waals surface area contributed by atoms with E-state index in [1.54, 1.807) is 5.57 Å². The average molecular weight is 833 g/mol. The van der Waals surface area contributed by atoms with Gasteiger partial charge >= 0.3 is 23.9 Å². The predicted octanol–water partition coefficient (Wildman–Crippen LogP) is 9.79. The molecule has 5 rings (SSSR count). The molecule has 0 spiro atoms. The molecule has 1 heterocycles. The summed E-state index contributed by atoms with van der Waals surface area (Å²) < 4.78 is 34.6. The number of allylic oxidation sites excluding steroid dienone is 1. The summed E-state index contributed by atoms with van der Waals surface area (Å²) in [5.41, 5.74) is 1.81. The van der Waals surface area contributed by atoms with Crippen LogP contribution in [0.1, 0.15) is 159 Å². The van der Waals surface area contributed by atoms with Crippen LogP contribution < -0.4 is 0 Å². The fourth-order valence-corrected chi connectivity index (χ4v) is 13.3. The molecule has 0 unspecified atom stereocenters. The molecule has 330 valence electrons. The highest BCUT2D eigenvalue weighted by Crippen LogP contribution is 2.67. The molecular formula is C47H76O10S. The maximum absolute atomic E-state index is 12.1. The monoisotopic (exact) mass is 833 g/mol. The van der Waals surface area contributed by atoms with Gasteiger partial charge in [0.25, 0.3) is 0 Å². The van der Waals surface area contributed by atoms with Crippen LogP contribution in [0.3, 0.4) is 0 Å². The van der Waals surface area contributed by atoms with Crippen LogP contribution in [-0.2, 0) is 47.6 Å². The first-order valence-electron chi connectivity index (χ1n) is 22.8. The van der Waals surface area contributed by atoms with Crippen molar-refractivity contribution < 1.29 is 47.6 Å². The van der Waals surface area contributed by atoms with Crippen molar-refractivity contribution in [3.8, 4) is 0 Å². The standard InChI is InChI=1S/C47H76O10S/c1-29(2)15-14-16-30(3)38-19-20-39-37-18-17-35-27-36(21-23-46(35,8)40(37)22-24-47(38,39)9)52-25-12-10-11-13-26-58-45-44(56-34(7)51)43(55-33(6)50)42(54-32(5)49)41(57-45)28-53-31(4)48/h17,29-30,36-45H,10-16,18-28H2,1-9H3/t30-,36+,37+,38-,39+,40+,41-,42-,43+,44+,45-,46+,47-/m1/s1. The molecule has 13 atom stereocenters. The molecule has 10 nitrogen and oxygen atoms in total. The fourth-order valence-electron chi connectivity index (χ4n) is 12.1. The zero-order valence-corrected chi connectivity index (χ0v) is 38.0. The summed E-state index contributed by atoms with van der Waals surface area (Å²) >= 11 is 1.44. The number of hydrogen-bond acceptors (Lipinski definition) is 11. The Balaban J connectivity index is 1.06. The first-order valence-corrected chi connectivity index (χ1v) is 23.8. The van der Waals surface area contributed by atoms with Crippen molar-refractivity contribution in [2.75, 3.05) is 19.0 Å². The number of carbonyl (C=O) groups excluding carboxylic acids is 4. The normalized spacial score (nSPS) is 36.1. The molecule has 4 fully saturated rings. The minimum Gasteiger partial charge on any atom is -0.463 e. The Labute approximate surface area is 353 Å². The minimum absolute atomic E-state index is 0.216. The average Bonchev–Trinajstić information content (AvgIpc) is 3.50. The Morgan fingerprint density at radius 1 is 0.776 bits per heavy atom. The van der Waals surface area contributed by atoms with Gasteiger partial charge in [-0.1, -0.05) is 78.4 Å². The lowest BCUT2D eigenvalue weighted by molar-refractivity contribution is -0.237. The Morgan fingerprint density at radius 3 is 2.16 bits per heavy atom. The van der Waals surface area contributed by atoms with E-state index in [-0.39, 0.29) is 6.61 Å². The highest BCUT2D eigenvalue weighted by Gasteiger charge is 2.59. The van der Waals surface area contributed by atoms with E-state index in [4.69, 9.17) is 28.4 Å². The van der Waals surface area contributed by atoms with Crippen LogP contribution in [0, 0.1) is 46.3 Å². The van der Waals surface area contributed by atoms with Crippen LogP contribution in [-0.4, -0.2) is 78.8 Å². The molecule has 0 amide bonds. The van der Waals surface area contributed by atoms with Crippen molar-refractivity contribution in [3.05, 3.63) is 11.6 Å². The van der Waals surface area contributed by atoms with E-state index >= 15 is 0 Å². The molecule has 4 aliphatic carbocycles. The third-order valence-corrected chi connectivity index (χ3v) is 16.1. The van der Waals surface area contributed by atoms with Gasteiger partial charge in [-0.25, -0.2) is 0 Å². The smallest absolute Gasteiger partial charge is 0.303 e. The summed E-state index contributed by atoms with van der Waals surface area (Å²) in [6.07, 6.45) is 17.3. The van der Waals surface area contributed by atoms with Crippen LogP contribution in [0.4, 0.5) is 0 Å². The highest BCUT2D eigenvalue weighted by atomic mass is 32.2. The third kappa shape index (κ3) is 11.6. The second-order valence-corrected chi connectivity index (χ2v) is 20.6. The molecule has 1 saturated heterocycles. The number of carbonyl (C=O) groups is 4. The first-order chi connectivity index (χ1) is 27.5. The van der Waals surface area contributed by atoms with Crippen LogP contribution in [0.25, 0.3) is 0 Å². The number of fused-ring (bicyclic) bond motifs is 5. The molecule has 11 heteroatoms. The fraction of sp³-hybridized carbons (Fsp3) is 0.872. The van der Waals surface area contributed by atoms with Gasteiger partial charge in [-0.15, -0.1) is 11.8 Å². The van der Waals surface area contributed by atoms with Gasteiger partial charge in [0.2, 0.25) is 0 Å². The molecule has 0 aromatic rings. The first kappa shape index (κ1) is 46.9. The SMILES string of the molecule is CC(=O)OC[C@H]1O[C@H](SCCCCCCO[C@H]2CC[C@@]3(C)C(=CC[C@H]4[C@@H]5CC[C@H]([C@H](C)CCCC(C)C)[C@@]5(C)CC[C@@H]43)C2)[C@@H](OC(C)=O)[C@@H](OC(C)=O)[C@@H]1OC(C)=O. The highest BCUT2D eigenvalue weighted by molar-refractivity contribution is 7.99. The second kappa shape index (κ2) is 21.1. The molecule has 0 aromatic carbocycles. The molecule has 0 aromatic heterocycles. The lowest BCUT2D eigenvalue weighted by atomic mass is 9.47. The molecule has 0 radical (unpaired) electrons. The number of hydrogen-bond donors (Lipinski definition) is 0. The number of ether oxygens (including phenoxy) is 6. The van der Waals surface area contributed by atoms with E-state index < -0.39 is 53.7 Å². The van der Waals surface area contributed by atoms with E-state index in [0.29, 0.717) is 22.7 Å². The number of thioether (sulfide) groups is 1. The summed E-state index contributed by atoms with van der Waals surface area (Å²) in [6, 6.07) is 0. The van der Waals surface area contributed by atoms with Crippen LogP contribution >= 0.6 is 11.8 Å². The Morgan fingerprint density at radius 2 is 1.47 bits per heavy atom. The molecule has 58 heavy (non-hydrogen) atoms. The molecule has 3 saturated carbocycles. The third-order valence-electron chi connectivity index (χ3n) is 14.9.